The Hall–Kier alpha value is -0.0800. The van der Waals surface area contributed by atoms with Crippen LogP contribution in [0.2, 0.25) is 0 Å². The van der Waals surface area contributed by atoms with E-state index in [1.807, 2.05) is 0 Å². The lowest BCUT2D eigenvalue weighted by Gasteiger charge is -2.36. The first kappa shape index (κ1) is 12.0. The third-order valence-electron chi connectivity index (χ3n) is 3.41. The van der Waals surface area contributed by atoms with Gasteiger partial charge >= 0.3 is 0 Å². The van der Waals surface area contributed by atoms with Crippen LogP contribution in [0.1, 0.15) is 40.0 Å². The van der Waals surface area contributed by atoms with E-state index in [0.29, 0.717) is 12.0 Å². The molecule has 0 spiro atoms. The summed E-state index contributed by atoms with van der Waals surface area (Å²) in [6, 6.07) is 0.438. The van der Waals surface area contributed by atoms with Crippen LogP contribution in [0.5, 0.6) is 0 Å². The second-order valence-corrected chi connectivity index (χ2v) is 5.08. The minimum Gasteiger partial charge on any atom is -0.327 e. The van der Waals surface area contributed by atoms with Crippen LogP contribution in [0.4, 0.5) is 0 Å². The first-order chi connectivity index (χ1) is 6.63. The Morgan fingerprint density at radius 3 is 2.79 bits per heavy atom. The van der Waals surface area contributed by atoms with E-state index in [2.05, 4.69) is 25.7 Å². The van der Waals surface area contributed by atoms with Crippen molar-refractivity contribution in [2.75, 3.05) is 19.6 Å². The summed E-state index contributed by atoms with van der Waals surface area (Å²) in [4.78, 5) is 2.59. The molecule has 0 aliphatic carbocycles. The predicted octanol–water partition coefficient (Wildman–Crippen LogP) is 2.09. The number of hydrogen-bond acceptors (Lipinski definition) is 2. The summed E-state index contributed by atoms with van der Waals surface area (Å²) in [5.74, 6) is 1.53. The fourth-order valence-electron chi connectivity index (χ4n) is 2.44. The van der Waals surface area contributed by atoms with Crippen LogP contribution in [-0.4, -0.2) is 30.6 Å². The number of nitrogens with two attached hydrogens (primary N) is 1. The molecule has 1 aliphatic rings. The third kappa shape index (κ3) is 3.58. The lowest BCUT2D eigenvalue weighted by Crippen LogP contribution is -2.47. The van der Waals surface area contributed by atoms with Gasteiger partial charge in [-0.15, -0.1) is 0 Å². The summed E-state index contributed by atoms with van der Waals surface area (Å²) in [5, 5.41) is 0. The highest BCUT2D eigenvalue weighted by molar-refractivity contribution is 4.80. The van der Waals surface area contributed by atoms with E-state index in [9.17, 15) is 0 Å². The molecule has 1 rings (SSSR count). The molecule has 3 unspecified atom stereocenters. The normalized spacial score (nSPS) is 31.7. The molecule has 0 aromatic heterocycles. The van der Waals surface area contributed by atoms with Crippen LogP contribution in [0.15, 0.2) is 0 Å². The minimum absolute atomic E-state index is 0.438. The molecule has 0 aromatic rings. The summed E-state index contributed by atoms with van der Waals surface area (Å²) in [7, 11) is 0. The molecule has 0 saturated carbocycles. The first-order valence-electron chi connectivity index (χ1n) is 6.11. The smallest absolute Gasteiger partial charge is 0.00889 e. The van der Waals surface area contributed by atoms with Crippen LogP contribution in [-0.2, 0) is 0 Å². The zero-order valence-electron chi connectivity index (χ0n) is 10.00. The van der Waals surface area contributed by atoms with Crippen molar-refractivity contribution in [3.63, 3.8) is 0 Å². The zero-order valence-corrected chi connectivity index (χ0v) is 10.00. The number of rotatable bonds is 4. The van der Waals surface area contributed by atoms with Gasteiger partial charge in [0.25, 0.3) is 0 Å². The molecule has 14 heavy (non-hydrogen) atoms. The summed E-state index contributed by atoms with van der Waals surface area (Å²) < 4.78 is 0. The lowest BCUT2D eigenvalue weighted by molar-refractivity contribution is 0.144. The van der Waals surface area contributed by atoms with Gasteiger partial charge < -0.3 is 10.6 Å². The molecule has 0 radical (unpaired) electrons. The molecule has 0 aromatic carbocycles. The van der Waals surface area contributed by atoms with Crippen LogP contribution in [0, 0.1) is 11.8 Å². The summed E-state index contributed by atoms with van der Waals surface area (Å²) in [6.45, 7) is 10.6. The maximum absolute atomic E-state index is 6.00. The van der Waals surface area contributed by atoms with Crippen LogP contribution >= 0.6 is 0 Å². The maximum atomic E-state index is 6.00. The van der Waals surface area contributed by atoms with E-state index >= 15 is 0 Å². The summed E-state index contributed by atoms with van der Waals surface area (Å²) in [5.41, 5.74) is 6.00. The average molecular weight is 198 g/mol. The molecule has 1 fully saturated rings. The van der Waals surface area contributed by atoms with Crippen molar-refractivity contribution < 1.29 is 0 Å². The van der Waals surface area contributed by atoms with Crippen molar-refractivity contribution in [2.24, 2.45) is 17.6 Å². The highest BCUT2D eigenvalue weighted by Crippen LogP contribution is 2.17. The topological polar surface area (TPSA) is 29.3 Å². The van der Waals surface area contributed by atoms with E-state index in [-0.39, 0.29) is 0 Å². The molecule has 1 aliphatic heterocycles. The van der Waals surface area contributed by atoms with Gasteiger partial charge in [-0.3, -0.25) is 0 Å². The molecular weight excluding hydrogens is 172 g/mol. The van der Waals surface area contributed by atoms with Crippen molar-refractivity contribution >= 4 is 0 Å². The van der Waals surface area contributed by atoms with Gasteiger partial charge in [-0.2, -0.15) is 0 Å². The fourth-order valence-corrected chi connectivity index (χ4v) is 2.44. The highest BCUT2D eigenvalue weighted by Gasteiger charge is 2.23. The number of likely N-dealkylation sites (tertiary alicyclic amines) is 1. The Morgan fingerprint density at radius 1 is 1.50 bits per heavy atom. The van der Waals surface area contributed by atoms with Crippen molar-refractivity contribution in [1.82, 2.24) is 4.90 Å². The molecule has 3 atom stereocenters. The van der Waals surface area contributed by atoms with E-state index in [4.69, 9.17) is 5.73 Å². The minimum atomic E-state index is 0.438. The van der Waals surface area contributed by atoms with Gasteiger partial charge in [0.15, 0.2) is 0 Å². The van der Waals surface area contributed by atoms with Gasteiger partial charge in [-0.25, -0.2) is 0 Å². The lowest BCUT2D eigenvalue weighted by atomic mass is 9.93. The van der Waals surface area contributed by atoms with Gasteiger partial charge in [0, 0.05) is 19.1 Å². The van der Waals surface area contributed by atoms with Crippen molar-refractivity contribution in [1.29, 1.82) is 0 Å². The third-order valence-corrected chi connectivity index (χ3v) is 3.41. The monoisotopic (exact) mass is 198 g/mol. The molecule has 0 bridgehead atoms. The second kappa shape index (κ2) is 5.72. The SMILES string of the molecule is CCCC(C)CN1CCC(N)C(C)C1. The Kier molecular flexibility index (Phi) is 4.90. The van der Waals surface area contributed by atoms with Crippen LogP contribution in [0.3, 0.4) is 0 Å². The van der Waals surface area contributed by atoms with Crippen LogP contribution in [0.25, 0.3) is 0 Å². The Bertz CT molecular complexity index is 158. The van der Waals surface area contributed by atoms with Crippen LogP contribution < -0.4 is 5.73 Å². The standard InChI is InChI=1S/C12H26N2/c1-4-5-10(2)8-14-7-6-12(13)11(3)9-14/h10-12H,4-9,13H2,1-3H3. The summed E-state index contributed by atoms with van der Waals surface area (Å²) >= 11 is 0. The average Bonchev–Trinajstić information content (AvgIpc) is 2.12. The Labute approximate surface area is 88.8 Å². The quantitative estimate of drug-likeness (QED) is 0.749. The van der Waals surface area contributed by atoms with Crippen molar-refractivity contribution in [3.8, 4) is 0 Å². The van der Waals surface area contributed by atoms with E-state index in [0.717, 1.165) is 5.92 Å². The zero-order chi connectivity index (χ0) is 10.6. The highest BCUT2D eigenvalue weighted by atomic mass is 15.1. The molecule has 2 nitrogen and oxygen atoms in total. The summed E-state index contributed by atoms with van der Waals surface area (Å²) in [6.07, 6.45) is 3.85. The molecule has 1 saturated heterocycles. The Morgan fingerprint density at radius 2 is 2.21 bits per heavy atom. The molecule has 84 valence electrons. The molecule has 0 amide bonds. The van der Waals surface area contributed by atoms with Gasteiger partial charge in [-0.05, 0) is 31.2 Å². The molecule has 2 N–H and O–H groups in total. The Balaban J connectivity index is 2.25. The van der Waals surface area contributed by atoms with Gasteiger partial charge in [0.1, 0.15) is 0 Å². The van der Waals surface area contributed by atoms with E-state index < -0.39 is 0 Å². The predicted molar refractivity (Wildman–Crippen MR) is 62.3 cm³/mol. The maximum Gasteiger partial charge on any atom is 0.00889 e. The number of nitrogens with zero attached hydrogens (tertiary/aromatic N) is 1. The number of piperidine rings is 1. The molecule has 1 heterocycles. The van der Waals surface area contributed by atoms with Crippen molar-refractivity contribution in [3.05, 3.63) is 0 Å². The van der Waals surface area contributed by atoms with Gasteiger partial charge in [0.2, 0.25) is 0 Å². The molecule has 2 heteroatoms. The fraction of sp³-hybridized carbons (Fsp3) is 1.00. The second-order valence-electron chi connectivity index (χ2n) is 5.08. The van der Waals surface area contributed by atoms with Crippen molar-refractivity contribution in [2.45, 2.75) is 46.1 Å². The van der Waals surface area contributed by atoms with Gasteiger partial charge in [-0.1, -0.05) is 27.2 Å². The van der Waals surface area contributed by atoms with E-state index in [1.54, 1.807) is 0 Å². The van der Waals surface area contributed by atoms with E-state index in [1.165, 1.54) is 38.9 Å². The largest absolute Gasteiger partial charge is 0.327 e. The molecular formula is C12H26N2. The number of hydrogen-bond donors (Lipinski definition) is 1. The van der Waals surface area contributed by atoms with Gasteiger partial charge in [0.05, 0.1) is 0 Å². The first-order valence-corrected chi connectivity index (χ1v) is 6.11.